The lowest BCUT2D eigenvalue weighted by Gasteiger charge is -2.20. The first-order valence-corrected chi connectivity index (χ1v) is 6.90. The van der Waals surface area contributed by atoms with Gasteiger partial charge in [0.1, 0.15) is 5.82 Å². The Morgan fingerprint density at radius 2 is 2.10 bits per heavy atom. The van der Waals surface area contributed by atoms with E-state index in [0.29, 0.717) is 11.9 Å². The van der Waals surface area contributed by atoms with E-state index in [9.17, 15) is 4.79 Å². The third kappa shape index (κ3) is 5.52. The third-order valence-electron chi connectivity index (χ3n) is 3.18. The minimum absolute atomic E-state index is 0.219. The third-order valence-corrected chi connectivity index (χ3v) is 3.18. The molecular formula is C14H24N4O2. The molecule has 1 aromatic heterocycles. The van der Waals surface area contributed by atoms with E-state index in [0.717, 1.165) is 25.9 Å². The van der Waals surface area contributed by atoms with Gasteiger partial charge in [0.15, 0.2) is 5.69 Å². The highest BCUT2D eigenvalue weighted by Crippen LogP contribution is 2.04. The number of unbranched alkanes of at least 4 members (excludes halogenated alkanes) is 1. The maximum atomic E-state index is 11.2. The number of ether oxygens (including phenoxy) is 1. The molecule has 1 N–H and O–H groups in total. The van der Waals surface area contributed by atoms with Crippen molar-refractivity contribution in [3.05, 3.63) is 17.8 Å². The van der Waals surface area contributed by atoms with Crippen LogP contribution >= 0.6 is 0 Å². The van der Waals surface area contributed by atoms with Crippen molar-refractivity contribution in [1.82, 2.24) is 15.1 Å². The van der Waals surface area contributed by atoms with Crippen molar-refractivity contribution in [2.24, 2.45) is 0 Å². The lowest BCUT2D eigenvalue weighted by Crippen LogP contribution is -2.27. The van der Waals surface area contributed by atoms with Gasteiger partial charge in [-0.15, -0.1) is 10.2 Å². The summed E-state index contributed by atoms with van der Waals surface area (Å²) in [5.41, 5.74) is 0.219. The van der Waals surface area contributed by atoms with Crippen molar-refractivity contribution in [3.63, 3.8) is 0 Å². The molecule has 0 spiro atoms. The van der Waals surface area contributed by atoms with Crippen LogP contribution in [0.1, 0.15) is 37.2 Å². The number of anilines is 1. The van der Waals surface area contributed by atoms with Crippen molar-refractivity contribution >= 4 is 11.8 Å². The Morgan fingerprint density at radius 1 is 1.35 bits per heavy atom. The lowest BCUT2D eigenvalue weighted by molar-refractivity contribution is 0.0593. The van der Waals surface area contributed by atoms with Gasteiger partial charge < -0.3 is 15.0 Å². The molecule has 0 unspecified atom stereocenters. The number of hydrogen-bond acceptors (Lipinski definition) is 6. The van der Waals surface area contributed by atoms with Crippen LogP contribution in [0.25, 0.3) is 0 Å². The molecule has 0 aliphatic rings. The van der Waals surface area contributed by atoms with Crippen LogP contribution in [0.2, 0.25) is 0 Å². The molecule has 20 heavy (non-hydrogen) atoms. The second-order valence-electron chi connectivity index (χ2n) is 5.00. The highest BCUT2D eigenvalue weighted by Gasteiger charge is 2.07. The zero-order valence-corrected chi connectivity index (χ0v) is 12.7. The second-order valence-corrected chi connectivity index (χ2v) is 5.00. The minimum Gasteiger partial charge on any atom is -0.464 e. The summed E-state index contributed by atoms with van der Waals surface area (Å²) in [5, 5.41) is 10.9. The molecule has 0 fully saturated rings. The average Bonchev–Trinajstić information content (AvgIpc) is 2.46. The first-order chi connectivity index (χ1) is 9.54. The summed E-state index contributed by atoms with van der Waals surface area (Å²) in [6.07, 6.45) is 2.20. The molecule has 0 radical (unpaired) electrons. The molecule has 0 saturated carbocycles. The molecule has 0 saturated heterocycles. The standard InChI is InChI=1S/C14H24N4O2/c1-11(2)18(3)10-6-5-9-15-13-8-7-12(16-17-13)14(19)20-4/h7-8,11H,5-6,9-10H2,1-4H3,(H,15,17). The Labute approximate surface area is 120 Å². The van der Waals surface area contributed by atoms with Crippen LogP contribution in [0.5, 0.6) is 0 Å². The second kappa shape index (κ2) is 8.47. The topological polar surface area (TPSA) is 67.3 Å². The summed E-state index contributed by atoms with van der Waals surface area (Å²) < 4.78 is 4.56. The molecule has 6 heteroatoms. The molecule has 6 nitrogen and oxygen atoms in total. The summed E-state index contributed by atoms with van der Waals surface area (Å²) in [5.74, 6) is 0.204. The number of aromatic nitrogens is 2. The molecule has 1 heterocycles. The fourth-order valence-corrected chi connectivity index (χ4v) is 1.60. The predicted molar refractivity (Wildman–Crippen MR) is 78.9 cm³/mol. The molecule has 1 rings (SSSR count). The van der Waals surface area contributed by atoms with Crippen molar-refractivity contribution in [2.45, 2.75) is 32.7 Å². The summed E-state index contributed by atoms with van der Waals surface area (Å²) >= 11 is 0. The van der Waals surface area contributed by atoms with E-state index in [4.69, 9.17) is 0 Å². The quantitative estimate of drug-likeness (QED) is 0.578. The zero-order valence-electron chi connectivity index (χ0n) is 12.7. The van der Waals surface area contributed by atoms with Crippen LogP contribution < -0.4 is 5.32 Å². The van der Waals surface area contributed by atoms with Gasteiger partial charge in [-0.1, -0.05) is 0 Å². The summed E-state index contributed by atoms with van der Waals surface area (Å²) in [6, 6.07) is 3.92. The van der Waals surface area contributed by atoms with Gasteiger partial charge >= 0.3 is 5.97 Å². The van der Waals surface area contributed by atoms with Gasteiger partial charge in [-0.25, -0.2) is 4.79 Å². The molecule has 0 aliphatic carbocycles. The van der Waals surface area contributed by atoms with Gasteiger partial charge in [-0.3, -0.25) is 0 Å². The fourth-order valence-electron chi connectivity index (χ4n) is 1.60. The SMILES string of the molecule is COC(=O)c1ccc(NCCCCN(C)C(C)C)nn1. The van der Waals surface area contributed by atoms with Crippen molar-refractivity contribution in [3.8, 4) is 0 Å². The molecule has 1 aromatic rings. The normalized spacial score (nSPS) is 10.9. The smallest absolute Gasteiger partial charge is 0.358 e. The molecule has 112 valence electrons. The first kappa shape index (κ1) is 16.4. The first-order valence-electron chi connectivity index (χ1n) is 6.90. The average molecular weight is 280 g/mol. The number of nitrogens with one attached hydrogen (secondary N) is 1. The van der Waals surface area contributed by atoms with Gasteiger partial charge in [0.05, 0.1) is 7.11 Å². The van der Waals surface area contributed by atoms with Crippen molar-refractivity contribution in [1.29, 1.82) is 0 Å². The van der Waals surface area contributed by atoms with E-state index in [1.165, 1.54) is 7.11 Å². The number of nitrogens with zero attached hydrogens (tertiary/aromatic N) is 3. The Bertz CT molecular complexity index is 406. The predicted octanol–water partition coefficient (Wildman–Crippen LogP) is 1.80. The molecule has 0 aliphatic heterocycles. The Balaban J connectivity index is 2.24. The lowest BCUT2D eigenvalue weighted by atomic mass is 10.2. The Hall–Kier alpha value is -1.69. The van der Waals surface area contributed by atoms with Gasteiger partial charge in [0, 0.05) is 12.6 Å². The van der Waals surface area contributed by atoms with E-state index in [2.05, 4.69) is 46.0 Å². The van der Waals surface area contributed by atoms with E-state index in [-0.39, 0.29) is 5.69 Å². The van der Waals surface area contributed by atoms with Crippen LogP contribution in [-0.2, 0) is 4.74 Å². The Kier molecular flexibility index (Phi) is 6.93. The van der Waals surface area contributed by atoms with E-state index < -0.39 is 5.97 Å². The maximum absolute atomic E-state index is 11.2. The molecule has 0 atom stereocenters. The molecule has 0 amide bonds. The van der Waals surface area contributed by atoms with Gasteiger partial charge in [-0.2, -0.15) is 0 Å². The van der Waals surface area contributed by atoms with Crippen molar-refractivity contribution in [2.75, 3.05) is 32.6 Å². The minimum atomic E-state index is -0.472. The number of rotatable bonds is 8. The highest BCUT2D eigenvalue weighted by atomic mass is 16.5. The summed E-state index contributed by atoms with van der Waals surface area (Å²) in [6.45, 7) is 6.32. The number of hydrogen-bond donors (Lipinski definition) is 1. The largest absolute Gasteiger partial charge is 0.464 e. The van der Waals surface area contributed by atoms with Crippen LogP contribution in [-0.4, -0.2) is 54.4 Å². The van der Waals surface area contributed by atoms with Crippen LogP contribution in [0.4, 0.5) is 5.82 Å². The fraction of sp³-hybridized carbons (Fsp3) is 0.643. The van der Waals surface area contributed by atoms with Crippen molar-refractivity contribution < 1.29 is 9.53 Å². The van der Waals surface area contributed by atoms with Gasteiger partial charge in [-0.05, 0) is 52.4 Å². The Morgan fingerprint density at radius 3 is 2.65 bits per heavy atom. The molecular weight excluding hydrogens is 256 g/mol. The summed E-state index contributed by atoms with van der Waals surface area (Å²) in [4.78, 5) is 13.5. The van der Waals surface area contributed by atoms with E-state index in [1.54, 1.807) is 12.1 Å². The molecule has 0 aromatic carbocycles. The van der Waals surface area contributed by atoms with Crippen LogP contribution in [0, 0.1) is 0 Å². The zero-order chi connectivity index (χ0) is 15.0. The summed E-state index contributed by atoms with van der Waals surface area (Å²) in [7, 11) is 3.46. The monoisotopic (exact) mass is 280 g/mol. The van der Waals surface area contributed by atoms with E-state index >= 15 is 0 Å². The number of esters is 1. The van der Waals surface area contributed by atoms with E-state index in [1.807, 2.05) is 0 Å². The molecule has 0 bridgehead atoms. The van der Waals surface area contributed by atoms with Crippen LogP contribution in [0.15, 0.2) is 12.1 Å². The van der Waals surface area contributed by atoms with Gasteiger partial charge in [0.25, 0.3) is 0 Å². The highest BCUT2D eigenvalue weighted by molar-refractivity contribution is 5.86. The van der Waals surface area contributed by atoms with Gasteiger partial charge in [0.2, 0.25) is 0 Å². The maximum Gasteiger partial charge on any atom is 0.358 e. The number of carbonyl (C=O) groups is 1. The number of carbonyl (C=O) groups excluding carboxylic acids is 1. The number of methoxy groups -OCH3 is 1. The van der Waals surface area contributed by atoms with Crippen LogP contribution in [0.3, 0.4) is 0 Å².